The Morgan fingerprint density at radius 1 is 0.897 bits per heavy atom. The Balaban J connectivity index is -0.000000321. The van der Waals surface area contributed by atoms with Crippen LogP contribution in [-0.4, -0.2) is 54.3 Å². The normalized spacial score (nSPS) is 14.9. The van der Waals surface area contributed by atoms with E-state index in [-0.39, 0.29) is 76.7 Å². The van der Waals surface area contributed by atoms with Gasteiger partial charge in [-0.25, -0.2) is 5.01 Å². The summed E-state index contributed by atoms with van der Waals surface area (Å²) < 4.78 is 0. The number of nitrogens with zero attached hydrogens (tertiary/aromatic N) is 4. The molecule has 0 amide bonds. The first-order chi connectivity index (χ1) is 17.6. The Labute approximate surface area is 292 Å². The van der Waals surface area contributed by atoms with E-state index in [1.807, 2.05) is 89.6 Å². The molecule has 1 heterocycles. The summed E-state index contributed by atoms with van der Waals surface area (Å²) in [4.78, 5) is 6.76. The summed E-state index contributed by atoms with van der Waals surface area (Å²) in [5, 5.41) is 6.94. The smallest absolute Gasteiger partial charge is 0.358 e. The Bertz CT molecular complexity index is 827. The van der Waals surface area contributed by atoms with Crippen molar-refractivity contribution >= 4 is 11.5 Å². The van der Waals surface area contributed by atoms with E-state index < -0.39 is 0 Å². The number of nitrogens with two attached hydrogens (primary N) is 1. The van der Waals surface area contributed by atoms with Crippen LogP contribution in [0.4, 0.5) is 0 Å². The van der Waals surface area contributed by atoms with Gasteiger partial charge >= 0.3 is 31.1 Å². The Hall–Kier alpha value is -0.344. The molecule has 0 saturated carbocycles. The number of hydrazone groups is 1. The van der Waals surface area contributed by atoms with Gasteiger partial charge in [-0.2, -0.15) is 5.10 Å². The number of hydrogen-bond donors (Lipinski definition) is 1. The Morgan fingerprint density at radius 3 is 1.74 bits per heavy atom. The van der Waals surface area contributed by atoms with Crippen molar-refractivity contribution in [2.24, 2.45) is 15.8 Å². The maximum absolute atomic E-state index is 6.04. The molecule has 5 nitrogen and oxygen atoms in total. The number of aliphatic imine (C=N–C) groups is 1. The third-order valence-electron chi connectivity index (χ3n) is 5.23. The molecule has 2 aromatic rings. The van der Waals surface area contributed by atoms with Gasteiger partial charge in [-0.05, 0) is 18.1 Å². The minimum Gasteiger partial charge on any atom is -0.358 e. The van der Waals surface area contributed by atoms with Crippen molar-refractivity contribution in [2.75, 3.05) is 32.8 Å². The van der Waals surface area contributed by atoms with Crippen LogP contribution in [0.25, 0.3) is 0 Å². The molecule has 1 aliphatic rings. The van der Waals surface area contributed by atoms with Gasteiger partial charge in [0.15, 0.2) is 0 Å². The topological polar surface area (TPSA) is 57.2 Å². The summed E-state index contributed by atoms with van der Waals surface area (Å²) in [6.45, 7) is 28.9. The van der Waals surface area contributed by atoms with Gasteiger partial charge in [-0.3, -0.25) is 4.99 Å². The molecule has 2 N–H and O–H groups in total. The molecule has 39 heavy (non-hydrogen) atoms. The average Bonchev–Trinajstić information content (AvgIpc) is 3.34. The van der Waals surface area contributed by atoms with Gasteiger partial charge in [0.2, 0.25) is 0 Å². The third kappa shape index (κ3) is 15.5. The van der Waals surface area contributed by atoms with E-state index in [0.29, 0.717) is 32.8 Å². The molecule has 217 valence electrons. The second-order valence-electron chi connectivity index (χ2n) is 7.11. The molecule has 1 radical (unpaired) electrons. The van der Waals surface area contributed by atoms with Crippen LogP contribution in [0.1, 0.15) is 73.4 Å². The van der Waals surface area contributed by atoms with Crippen LogP contribution in [0.15, 0.2) is 70.8 Å². The second kappa shape index (κ2) is 30.6. The van der Waals surface area contributed by atoms with Crippen LogP contribution in [0.3, 0.4) is 0 Å². The van der Waals surface area contributed by atoms with Crippen molar-refractivity contribution in [1.29, 1.82) is 0 Å². The molecule has 0 aliphatic carbocycles. The largest absolute Gasteiger partial charge is 2.00 e. The van der Waals surface area contributed by atoms with Crippen LogP contribution in [0.2, 0.25) is 0 Å². The molecule has 0 fully saturated rings. The van der Waals surface area contributed by atoms with Crippen molar-refractivity contribution in [3.63, 3.8) is 0 Å². The minimum atomic E-state index is -0.253. The zero-order valence-corrected chi connectivity index (χ0v) is 33.7. The molecule has 7 heteroatoms. The van der Waals surface area contributed by atoms with Crippen LogP contribution >= 0.6 is 0 Å². The Kier molecular flexibility index (Phi) is 38.0. The van der Waals surface area contributed by atoms with Crippen molar-refractivity contribution in [2.45, 2.75) is 67.7 Å². The molecule has 0 aromatic heterocycles. The van der Waals surface area contributed by atoms with Crippen LogP contribution in [0, 0.1) is 52.4 Å². The van der Waals surface area contributed by atoms with Gasteiger partial charge in [0.05, 0.1) is 30.9 Å². The zero-order valence-electron chi connectivity index (χ0n) is 26.7. The summed E-state index contributed by atoms with van der Waals surface area (Å²) in [7, 11) is 0. The molecule has 1 unspecified atom stereocenters. The third-order valence-corrected chi connectivity index (χ3v) is 5.23. The van der Waals surface area contributed by atoms with E-state index in [2.05, 4.69) is 57.2 Å². The molecule has 3 rings (SSSR count). The van der Waals surface area contributed by atoms with Crippen molar-refractivity contribution in [1.82, 2.24) is 9.91 Å². The standard InChI is InChI=1S/C23H29N5.4C2H6.CH3.U.Y/c1-4-27(5-2)18-25-21(16-24)28-17-23(3,20-14-10-7-11-15-20)22(26-28)19-12-8-6-9-13-19;4*1-2;;;/h6-15H,1-2,4-5,16-18,24H2,3H3;4*1-2H3;1H3;;/q-2;;;;;-1;+2;. The van der Waals surface area contributed by atoms with Crippen molar-refractivity contribution in [3.8, 4) is 0 Å². The second-order valence-corrected chi connectivity index (χ2v) is 7.11. The SMILES string of the molecule is CC.CC.CC.CC.[CH2-]CN(C[CH2-])CN=C(CN)N1CC(C)(c2ccccc2)C(c2ccccc2)=N1.[CH3-].[U+2].[Y]. The van der Waals surface area contributed by atoms with E-state index in [1.54, 1.807) is 0 Å². The van der Waals surface area contributed by atoms with E-state index in [4.69, 9.17) is 15.8 Å². The van der Waals surface area contributed by atoms with Crippen molar-refractivity contribution < 1.29 is 63.8 Å². The van der Waals surface area contributed by atoms with Gasteiger partial charge in [-0.15, -0.1) is 13.1 Å². The fourth-order valence-electron chi connectivity index (χ4n) is 3.48. The monoisotopic (exact) mass is 837 g/mol. The van der Waals surface area contributed by atoms with Gasteiger partial charge in [0.1, 0.15) is 5.84 Å². The molecular formula is C32H56N5UY-. The fraction of sp³-hybridized carbons (Fsp3) is 0.469. The van der Waals surface area contributed by atoms with E-state index in [9.17, 15) is 0 Å². The molecule has 0 spiro atoms. The molecule has 0 saturated heterocycles. The first kappa shape index (κ1) is 48.4. The first-order valence-electron chi connectivity index (χ1n) is 13.6. The van der Waals surface area contributed by atoms with Crippen LogP contribution in [0.5, 0.6) is 0 Å². The van der Waals surface area contributed by atoms with Crippen LogP contribution < -0.4 is 5.73 Å². The van der Waals surface area contributed by atoms with Gasteiger partial charge < -0.3 is 31.9 Å². The zero-order chi connectivity index (χ0) is 28.0. The van der Waals surface area contributed by atoms with Crippen LogP contribution in [-0.2, 0) is 38.1 Å². The van der Waals surface area contributed by atoms with E-state index >= 15 is 0 Å². The number of rotatable bonds is 7. The molecule has 1 atom stereocenters. The summed E-state index contributed by atoms with van der Waals surface area (Å²) >= 11 is 0. The predicted molar refractivity (Wildman–Crippen MR) is 169 cm³/mol. The van der Waals surface area contributed by atoms with E-state index in [1.165, 1.54) is 5.56 Å². The van der Waals surface area contributed by atoms with E-state index in [0.717, 1.165) is 17.1 Å². The maximum Gasteiger partial charge on any atom is 2.00 e. The first-order valence-corrected chi connectivity index (χ1v) is 13.6. The van der Waals surface area contributed by atoms with Crippen molar-refractivity contribution in [3.05, 3.63) is 93.1 Å². The number of benzene rings is 2. The number of amidine groups is 1. The Morgan fingerprint density at radius 2 is 1.33 bits per heavy atom. The molecule has 0 bridgehead atoms. The maximum atomic E-state index is 6.04. The quantitative estimate of drug-likeness (QED) is 0.179. The summed E-state index contributed by atoms with van der Waals surface area (Å²) in [5.41, 5.74) is 9.17. The molecule has 1 aliphatic heterocycles. The van der Waals surface area contributed by atoms with Gasteiger partial charge in [-0.1, -0.05) is 116 Å². The summed E-state index contributed by atoms with van der Waals surface area (Å²) in [6.07, 6.45) is 0. The predicted octanol–water partition coefficient (Wildman–Crippen LogP) is 7.50. The van der Waals surface area contributed by atoms with Gasteiger partial charge in [0.25, 0.3) is 0 Å². The summed E-state index contributed by atoms with van der Waals surface area (Å²) in [5.74, 6) is 0.778. The molecule has 2 aromatic carbocycles. The fourth-order valence-corrected chi connectivity index (χ4v) is 3.48. The number of hydrogen-bond acceptors (Lipinski definition) is 4. The van der Waals surface area contributed by atoms with Gasteiger partial charge in [0, 0.05) is 32.7 Å². The average molecular weight is 838 g/mol. The molecular weight excluding hydrogens is 781 g/mol. The minimum absolute atomic E-state index is 0. The summed E-state index contributed by atoms with van der Waals surface area (Å²) in [6, 6.07) is 20.8.